The van der Waals surface area contributed by atoms with Gasteiger partial charge in [0.15, 0.2) is 0 Å². The SMILES string of the molecule is CCC1COCCN1C(=O)c1cc(N)ccc1Br. The smallest absolute Gasteiger partial charge is 0.255 e. The third kappa shape index (κ3) is 2.67. The van der Waals surface area contributed by atoms with Crippen LogP contribution in [0.15, 0.2) is 22.7 Å². The average molecular weight is 313 g/mol. The summed E-state index contributed by atoms with van der Waals surface area (Å²) in [5.41, 5.74) is 6.97. The van der Waals surface area contributed by atoms with Gasteiger partial charge in [0.25, 0.3) is 5.91 Å². The monoisotopic (exact) mass is 312 g/mol. The highest BCUT2D eigenvalue weighted by atomic mass is 79.9. The Morgan fingerprint density at radius 3 is 3.11 bits per heavy atom. The lowest BCUT2D eigenvalue weighted by Crippen LogP contribution is -2.48. The quantitative estimate of drug-likeness (QED) is 0.852. The number of nitrogens with two attached hydrogens (primary N) is 1. The normalized spacial score (nSPS) is 19.9. The van der Waals surface area contributed by atoms with Crippen molar-refractivity contribution in [1.29, 1.82) is 0 Å². The third-order valence-electron chi connectivity index (χ3n) is 3.18. The molecule has 4 nitrogen and oxygen atoms in total. The molecule has 0 saturated carbocycles. The highest BCUT2D eigenvalue weighted by molar-refractivity contribution is 9.10. The van der Waals surface area contributed by atoms with E-state index in [-0.39, 0.29) is 11.9 Å². The first-order valence-corrected chi connectivity index (χ1v) is 6.86. The summed E-state index contributed by atoms with van der Waals surface area (Å²) in [6, 6.07) is 5.45. The van der Waals surface area contributed by atoms with Crippen molar-refractivity contribution in [1.82, 2.24) is 4.90 Å². The number of nitrogens with zero attached hydrogens (tertiary/aromatic N) is 1. The molecule has 0 aliphatic carbocycles. The average Bonchev–Trinajstić information content (AvgIpc) is 2.40. The molecule has 0 bridgehead atoms. The highest BCUT2D eigenvalue weighted by Gasteiger charge is 2.27. The minimum atomic E-state index is 0.0179. The van der Waals surface area contributed by atoms with Crippen LogP contribution >= 0.6 is 15.9 Å². The Labute approximate surface area is 115 Å². The van der Waals surface area contributed by atoms with Gasteiger partial charge in [0.2, 0.25) is 0 Å². The van der Waals surface area contributed by atoms with E-state index >= 15 is 0 Å². The molecule has 1 unspecified atom stereocenters. The molecule has 0 radical (unpaired) electrons. The van der Waals surface area contributed by atoms with Crippen LogP contribution in [-0.2, 0) is 4.74 Å². The molecule has 1 atom stereocenters. The van der Waals surface area contributed by atoms with Gasteiger partial charge in [-0.25, -0.2) is 0 Å². The van der Waals surface area contributed by atoms with E-state index in [0.717, 1.165) is 10.9 Å². The molecule has 18 heavy (non-hydrogen) atoms. The Hall–Kier alpha value is -1.07. The van der Waals surface area contributed by atoms with E-state index in [1.165, 1.54) is 0 Å². The van der Waals surface area contributed by atoms with E-state index in [4.69, 9.17) is 10.5 Å². The van der Waals surface area contributed by atoms with E-state index in [9.17, 15) is 4.79 Å². The van der Waals surface area contributed by atoms with Gasteiger partial charge in [0, 0.05) is 16.7 Å². The molecule has 1 fully saturated rings. The van der Waals surface area contributed by atoms with Gasteiger partial charge in [-0.15, -0.1) is 0 Å². The van der Waals surface area contributed by atoms with Crippen LogP contribution in [0.4, 0.5) is 5.69 Å². The minimum Gasteiger partial charge on any atom is -0.399 e. The van der Waals surface area contributed by atoms with E-state index in [2.05, 4.69) is 22.9 Å². The summed E-state index contributed by atoms with van der Waals surface area (Å²) in [7, 11) is 0. The standard InChI is InChI=1S/C13H17BrN2O2/c1-2-10-8-18-6-5-16(10)13(17)11-7-9(15)3-4-12(11)14/h3-4,7,10H,2,5-6,8,15H2,1H3. The molecule has 0 aromatic heterocycles. The topological polar surface area (TPSA) is 55.6 Å². The van der Waals surface area contributed by atoms with Crippen LogP contribution in [0.25, 0.3) is 0 Å². The lowest BCUT2D eigenvalue weighted by Gasteiger charge is -2.35. The molecule has 1 aliphatic heterocycles. The first-order valence-electron chi connectivity index (χ1n) is 6.07. The molecule has 2 N–H and O–H groups in total. The second-order valence-corrected chi connectivity index (χ2v) is 5.23. The zero-order valence-corrected chi connectivity index (χ0v) is 11.9. The summed E-state index contributed by atoms with van der Waals surface area (Å²) in [6.45, 7) is 3.91. The summed E-state index contributed by atoms with van der Waals surface area (Å²) < 4.78 is 6.19. The summed E-state index contributed by atoms with van der Waals surface area (Å²) in [5.74, 6) is 0.0179. The Kier molecular flexibility index (Phi) is 4.24. The number of hydrogen-bond donors (Lipinski definition) is 1. The molecule has 98 valence electrons. The van der Waals surface area contributed by atoms with Crippen molar-refractivity contribution in [3.63, 3.8) is 0 Å². The van der Waals surface area contributed by atoms with Crippen molar-refractivity contribution in [3.05, 3.63) is 28.2 Å². The molecule has 1 aromatic rings. The van der Waals surface area contributed by atoms with Crippen LogP contribution in [0, 0.1) is 0 Å². The van der Waals surface area contributed by atoms with Crippen LogP contribution in [0.3, 0.4) is 0 Å². The maximum Gasteiger partial charge on any atom is 0.255 e. The van der Waals surface area contributed by atoms with E-state index < -0.39 is 0 Å². The number of nitrogen functional groups attached to an aromatic ring is 1. The van der Waals surface area contributed by atoms with Crippen LogP contribution in [0.2, 0.25) is 0 Å². The molecule has 5 heteroatoms. The molecule has 1 aromatic carbocycles. The second kappa shape index (κ2) is 5.71. The van der Waals surface area contributed by atoms with E-state index in [1.54, 1.807) is 12.1 Å². The second-order valence-electron chi connectivity index (χ2n) is 4.37. The molecular formula is C13H17BrN2O2. The number of carbonyl (C=O) groups excluding carboxylic acids is 1. The summed E-state index contributed by atoms with van der Waals surface area (Å²) >= 11 is 3.41. The minimum absolute atomic E-state index is 0.0179. The van der Waals surface area contributed by atoms with Gasteiger partial charge >= 0.3 is 0 Å². The summed E-state index contributed by atoms with van der Waals surface area (Å²) in [4.78, 5) is 14.4. The third-order valence-corrected chi connectivity index (χ3v) is 3.87. The summed E-state index contributed by atoms with van der Waals surface area (Å²) in [6.07, 6.45) is 0.895. The Morgan fingerprint density at radius 2 is 2.39 bits per heavy atom. The summed E-state index contributed by atoms with van der Waals surface area (Å²) in [5, 5.41) is 0. The Balaban J connectivity index is 2.26. The number of carbonyl (C=O) groups is 1. The van der Waals surface area contributed by atoms with Crippen molar-refractivity contribution >= 4 is 27.5 Å². The number of amides is 1. The lowest BCUT2D eigenvalue weighted by molar-refractivity contribution is -0.00284. The van der Waals surface area contributed by atoms with Crippen LogP contribution in [-0.4, -0.2) is 36.6 Å². The number of rotatable bonds is 2. The van der Waals surface area contributed by atoms with Gasteiger partial charge in [-0.3, -0.25) is 4.79 Å². The van der Waals surface area contributed by atoms with Gasteiger partial charge in [-0.05, 0) is 40.5 Å². The number of morpholine rings is 1. The maximum atomic E-state index is 12.5. The van der Waals surface area contributed by atoms with Crippen LogP contribution < -0.4 is 5.73 Å². The molecular weight excluding hydrogens is 296 g/mol. The fourth-order valence-electron chi connectivity index (χ4n) is 2.12. The predicted octanol–water partition coefficient (Wildman–Crippen LogP) is 2.28. The Morgan fingerprint density at radius 1 is 1.61 bits per heavy atom. The molecule has 1 saturated heterocycles. The van der Waals surface area contributed by atoms with Gasteiger partial charge < -0.3 is 15.4 Å². The molecule has 1 aliphatic rings. The van der Waals surface area contributed by atoms with Crippen molar-refractivity contribution in [3.8, 4) is 0 Å². The number of halogens is 1. The molecule has 2 rings (SSSR count). The van der Waals surface area contributed by atoms with E-state index in [1.807, 2.05) is 11.0 Å². The molecule has 0 spiro atoms. The van der Waals surface area contributed by atoms with Crippen molar-refractivity contribution in [2.45, 2.75) is 19.4 Å². The van der Waals surface area contributed by atoms with Crippen molar-refractivity contribution < 1.29 is 9.53 Å². The first kappa shape index (κ1) is 13.4. The molecule has 1 heterocycles. The van der Waals surface area contributed by atoms with Gasteiger partial charge in [0.05, 0.1) is 24.8 Å². The number of hydrogen-bond acceptors (Lipinski definition) is 3. The van der Waals surface area contributed by atoms with Crippen molar-refractivity contribution in [2.75, 3.05) is 25.5 Å². The fourth-order valence-corrected chi connectivity index (χ4v) is 2.54. The van der Waals surface area contributed by atoms with E-state index in [0.29, 0.717) is 31.0 Å². The number of benzene rings is 1. The predicted molar refractivity (Wildman–Crippen MR) is 74.5 cm³/mol. The maximum absolute atomic E-state index is 12.5. The van der Waals surface area contributed by atoms with Gasteiger partial charge in [-0.2, -0.15) is 0 Å². The highest BCUT2D eigenvalue weighted by Crippen LogP contribution is 2.23. The van der Waals surface area contributed by atoms with Gasteiger partial charge in [0.1, 0.15) is 0 Å². The molecule has 1 amide bonds. The van der Waals surface area contributed by atoms with Crippen LogP contribution in [0.5, 0.6) is 0 Å². The zero-order valence-electron chi connectivity index (χ0n) is 10.4. The number of anilines is 1. The largest absolute Gasteiger partial charge is 0.399 e. The number of ether oxygens (including phenoxy) is 1. The fraction of sp³-hybridized carbons (Fsp3) is 0.462. The van der Waals surface area contributed by atoms with Crippen molar-refractivity contribution in [2.24, 2.45) is 0 Å². The zero-order chi connectivity index (χ0) is 13.1. The van der Waals surface area contributed by atoms with Crippen LogP contribution in [0.1, 0.15) is 23.7 Å². The Bertz CT molecular complexity index is 451. The lowest BCUT2D eigenvalue weighted by atomic mass is 10.1. The first-order chi connectivity index (χ1) is 8.63. The van der Waals surface area contributed by atoms with Gasteiger partial charge in [-0.1, -0.05) is 6.92 Å².